The third-order valence-electron chi connectivity index (χ3n) is 9.11. The van der Waals surface area contributed by atoms with Crippen molar-refractivity contribution in [2.45, 2.75) is 84.1 Å². The maximum Gasteiger partial charge on any atom is 0.249 e. The molecule has 1 amide bonds. The first-order valence-corrected chi connectivity index (χ1v) is 17.1. The van der Waals surface area contributed by atoms with Crippen LogP contribution in [0.4, 0.5) is 0 Å². The van der Waals surface area contributed by atoms with Crippen LogP contribution in [0.3, 0.4) is 0 Å². The van der Waals surface area contributed by atoms with E-state index < -0.39 is 0 Å². The quantitative estimate of drug-likeness (QED) is 0.105. The van der Waals surface area contributed by atoms with Gasteiger partial charge < -0.3 is 20.3 Å². The summed E-state index contributed by atoms with van der Waals surface area (Å²) in [7, 11) is 4.31. The third kappa shape index (κ3) is 10.6. The molecule has 3 aliphatic heterocycles. The predicted octanol–water partition coefficient (Wildman–Crippen LogP) is 6.18. The van der Waals surface area contributed by atoms with Crippen LogP contribution < -0.4 is 10.6 Å². The summed E-state index contributed by atoms with van der Waals surface area (Å²) in [5.74, 6) is -0.128. The van der Waals surface area contributed by atoms with Crippen molar-refractivity contribution in [3.05, 3.63) is 82.6 Å². The van der Waals surface area contributed by atoms with E-state index >= 15 is 0 Å². The van der Waals surface area contributed by atoms with Gasteiger partial charge in [-0.25, -0.2) is 0 Å². The summed E-state index contributed by atoms with van der Waals surface area (Å²) >= 11 is 0. The van der Waals surface area contributed by atoms with Crippen molar-refractivity contribution < 1.29 is 14.3 Å². The van der Waals surface area contributed by atoms with E-state index in [0.29, 0.717) is 36.1 Å². The van der Waals surface area contributed by atoms with Crippen molar-refractivity contribution in [3.63, 3.8) is 0 Å². The number of likely N-dealkylation sites (N-methyl/N-ethyl adjacent to an activating group) is 1. The molecule has 3 heterocycles. The lowest BCUT2D eigenvalue weighted by Crippen LogP contribution is -2.40. The van der Waals surface area contributed by atoms with E-state index in [4.69, 9.17) is 4.74 Å². The molecule has 0 aromatic heterocycles. The first-order chi connectivity index (χ1) is 22.3. The molecule has 2 unspecified atom stereocenters. The highest BCUT2D eigenvalue weighted by molar-refractivity contribution is 5.96. The molecule has 1 aromatic rings. The Kier molecular flexibility index (Phi) is 17.5. The van der Waals surface area contributed by atoms with Crippen LogP contribution in [0, 0.1) is 0 Å². The maximum atomic E-state index is 12.3. The highest BCUT2D eigenvalue weighted by Gasteiger charge is 2.33. The Morgan fingerprint density at radius 2 is 1.91 bits per heavy atom. The minimum Gasteiger partial charge on any atom is -0.381 e. The van der Waals surface area contributed by atoms with Crippen molar-refractivity contribution in [3.8, 4) is 0 Å². The van der Waals surface area contributed by atoms with Crippen molar-refractivity contribution in [2.24, 2.45) is 5.10 Å². The van der Waals surface area contributed by atoms with Crippen LogP contribution >= 0.6 is 0 Å². The molecular weight excluding hydrogens is 574 g/mol. The van der Waals surface area contributed by atoms with E-state index in [9.17, 15) is 9.59 Å². The van der Waals surface area contributed by atoms with Crippen LogP contribution in [0.25, 0.3) is 0 Å². The molecule has 8 nitrogen and oxygen atoms in total. The molecule has 3 aliphatic rings. The van der Waals surface area contributed by atoms with Crippen LogP contribution in [0.2, 0.25) is 0 Å². The molecule has 4 rings (SSSR count). The van der Waals surface area contributed by atoms with Crippen LogP contribution in [-0.4, -0.2) is 88.3 Å². The molecule has 2 saturated heterocycles. The van der Waals surface area contributed by atoms with Gasteiger partial charge in [-0.1, -0.05) is 63.8 Å². The molecule has 2 atom stereocenters. The number of carbonyl (C=O) groups excluding carboxylic acids is 2. The molecule has 2 N–H and O–H groups in total. The zero-order chi connectivity index (χ0) is 34.0. The molecular formula is C38H59N5O3. The fourth-order valence-electron chi connectivity index (χ4n) is 6.56. The van der Waals surface area contributed by atoms with Gasteiger partial charge in [0.1, 0.15) is 6.29 Å². The highest BCUT2D eigenvalue weighted by atomic mass is 16.5. The SMILES string of the molecule is C=C/C(CC)=C(C=O)\C=C1/CNC(=O)C(C)=C1N(N=C)C1CCCOCC1.CC.CNCC1(c2ccccc2)CCCN(C)CC1. The van der Waals surface area contributed by atoms with Gasteiger partial charge >= 0.3 is 0 Å². The van der Waals surface area contributed by atoms with Crippen LogP contribution in [0.1, 0.15) is 78.2 Å². The van der Waals surface area contributed by atoms with E-state index in [-0.39, 0.29) is 11.9 Å². The summed E-state index contributed by atoms with van der Waals surface area (Å²) in [6.45, 7) is 20.6. The largest absolute Gasteiger partial charge is 0.381 e. The van der Waals surface area contributed by atoms with Gasteiger partial charge in [-0.05, 0) is 102 Å². The number of nitrogens with zero attached hydrogens (tertiary/aromatic N) is 3. The Bertz CT molecular complexity index is 1210. The molecule has 0 radical (unpaired) electrons. The van der Waals surface area contributed by atoms with Crippen LogP contribution in [0.5, 0.6) is 0 Å². The number of carbonyl (C=O) groups is 2. The monoisotopic (exact) mass is 633 g/mol. The number of nitrogens with one attached hydrogen (secondary N) is 2. The molecule has 254 valence electrons. The summed E-state index contributed by atoms with van der Waals surface area (Å²) in [5, 5.41) is 12.4. The minimum absolute atomic E-state index is 0.109. The molecule has 0 saturated carbocycles. The van der Waals surface area contributed by atoms with Crippen LogP contribution in [0.15, 0.2) is 82.2 Å². The first kappa shape index (κ1) is 38.9. The predicted molar refractivity (Wildman–Crippen MR) is 192 cm³/mol. The summed E-state index contributed by atoms with van der Waals surface area (Å²) in [6, 6.07) is 11.1. The zero-order valence-corrected chi connectivity index (χ0v) is 29.4. The van der Waals surface area contributed by atoms with E-state index in [2.05, 4.69) is 78.4 Å². The van der Waals surface area contributed by atoms with Gasteiger partial charge in [-0.15, -0.1) is 0 Å². The van der Waals surface area contributed by atoms with Gasteiger partial charge in [-0.2, -0.15) is 5.10 Å². The van der Waals surface area contributed by atoms with Crippen molar-refractivity contribution in [1.82, 2.24) is 20.5 Å². The second kappa shape index (κ2) is 20.7. The van der Waals surface area contributed by atoms with Crippen molar-refractivity contribution >= 4 is 18.9 Å². The van der Waals surface area contributed by atoms with Gasteiger partial charge in [0.25, 0.3) is 0 Å². The average molecular weight is 634 g/mol. The topological polar surface area (TPSA) is 86.3 Å². The Morgan fingerprint density at radius 1 is 1.17 bits per heavy atom. The molecule has 2 fully saturated rings. The normalized spacial score (nSPS) is 23.7. The van der Waals surface area contributed by atoms with Gasteiger partial charge in [-0.3, -0.25) is 14.6 Å². The van der Waals surface area contributed by atoms with E-state index in [0.717, 1.165) is 55.5 Å². The lowest BCUT2D eigenvalue weighted by Gasteiger charge is -2.34. The second-order valence-electron chi connectivity index (χ2n) is 12.0. The molecule has 8 heteroatoms. The van der Waals surface area contributed by atoms with Crippen molar-refractivity contribution in [2.75, 3.05) is 53.5 Å². The summed E-state index contributed by atoms with van der Waals surface area (Å²) in [4.78, 5) is 26.4. The summed E-state index contributed by atoms with van der Waals surface area (Å²) < 4.78 is 5.56. The number of amides is 1. The average Bonchev–Trinajstić information content (AvgIpc) is 3.48. The first-order valence-electron chi connectivity index (χ1n) is 17.1. The Hall–Kier alpha value is -3.33. The lowest BCUT2D eigenvalue weighted by atomic mass is 9.74. The second-order valence-corrected chi connectivity index (χ2v) is 12.0. The number of rotatable bonds is 10. The van der Waals surface area contributed by atoms with Gasteiger partial charge in [0, 0.05) is 49.6 Å². The van der Waals surface area contributed by atoms with Crippen molar-refractivity contribution in [1.29, 1.82) is 0 Å². The van der Waals surface area contributed by atoms with Gasteiger partial charge in [0.15, 0.2) is 0 Å². The fourth-order valence-corrected chi connectivity index (χ4v) is 6.56. The Labute approximate surface area is 278 Å². The highest BCUT2D eigenvalue weighted by Crippen LogP contribution is 2.35. The molecule has 0 bridgehead atoms. The number of hydrazone groups is 1. The van der Waals surface area contributed by atoms with Gasteiger partial charge in [0.05, 0.1) is 11.7 Å². The molecule has 0 aliphatic carbocycles. The number of ether oxygens (including phenoxy) is 1. The Morgan fingerprint density at radius 3 is 2.54 bits per heavy atom. The zero-order valence-electron chi connectivity index (χ0n) is 29.4. The van der Waals surface area contributed by atoms with E-state index in [1.165, 1.54) is 37.9 Å². The summed E-state index contributed by atoms with van der Waals surface area (Å²) in [5.41, 5.74) is 5.43. The third-order valence-corrected chi connectivity index (χ3v) is 9.11. The summed E-state index contributed by atoms with van der Waals surface area (Å²) in [6.07, 6.45) is 11.6. The number of allylic oxidation sites excluding steroid dienone is 4. The maximum absolute atomic E-state index is 12.3. The number of likely N-dealkylation sites (tertiary alicyclic amines) is 1. The van der Waals surface area contributed by atoms with E-state index in [1.807, 2.05) is 31.9 Å². The fraction of sp³-hybridized carbons (Fsp3) is 0.553. The van der Waals surface area contributed by atoms with E-state index in [1.54, 1.807) is 13.0 Å². The Balaban J connectivity index is 0.000000332. The van der Waals surface area contributed by atoms with Crippen LogP contribution in [-0.2, 0) is 19.7 Å². The molecule has 1 aromatic carbocycles. The lowest BCUT2D eigenvalue weighted by molar-refractivity contribution is -0.117. The standard InChI is InChI=1S/C21H29N3O3.C15H24N2.C2H6/c1-5-16(6-2)18(14-25)12-17-13-23-21(26)15(3)20(17)24(22-4)19-8-7-10-27-11-9-19;1-16-13-15(14-7-4-3-5-8-14)9-6-11-17(2)12-10-15;1-2/h5,12,14,19H,1,4,6-11,13H2,2-3H3,(H,23,26);3-5,7-8,16H,6,9-13H2,1-2H3;1-2H3/b17-12+,18-16-;;. The molecule has 0 spiro atoms. The minimum atomic E-state index is -0.128. The number of aldehydes is 1. The number of benzene rings is 1. The number of hydrogen-bond donors (Lipinski definition) is 2. The smallest absolute Gasteiger partial charge is 0.249 e. The number of hydrogen-bond acceptors (Lipinski definition) is 7. The molecule has 46 heavy (non-hydrogen) atoms. The van der Waals surface area contributed by atoms with Gasteiger partial charge in [0.2, 0.25) is 5.91 Å².